The molecule has 2 rings (SSSR count). The van der Waals surface area contributed by atoms with Crippen LogP contribution < -0.4 is 10.6 Å². The molecule has 2 aliphatic rings. The Balaban J connectivity index is 1.88. The van der Waals surface area contributed by atoms with Crippen LogP contribution in [0.25, 0.3) is 0 Å². The third-order valence-electron chi connectivity index (χ3n) is 3.81. The number of amides is 2. The summed E-state index contributed by atoms with van der Waals surface area (Å²) in [4.78, 5) is 25.9. The number of aliphatic imine (C=N–C) groups is 1. The molecule has 6 heteroatoms. The van der Waals surface area contributed by atoms with E-state index >= 15 is 0 Å². The van der Waals surface area contributed by atoms with Crippen LogP contribution in [0.2, 0.25) is 0 Å². The molecule has 0 atom stereocenters. The van der Waals surface area contributed by atoms with Crippen molar-refractivity contribution >= 4 is 17.8 Å². The maximum Gasteiger partial charge on any atom is 0.316 e. The molecular formula is C12H19N3O3. The summed E-state index contributed by atoms with van der Waals surface area (Å²) < 4.78 is 0. The standard InChI is InChI=1S/C12H19N3O3/c1-2-8-3-5-12(18,6-4-8)7-13-11-14-9(16)10(17)15-11/h8,18H,2-7H2,1H3,(H2,13,14,15,16,17). The minimum atomic E-state index is -0.795. The van der Waals surface area contributed by atoms with Gasteiger partial charge in [-0.25, -0.2) is 4.99 Å². The summed E-state index contributed by atoms with van der Waals surface area (Å²) in [5.74, 6) is -0.550. The zero-order valence-electron chi connectivity index (χ0n) is 10.5. The predicted molar refractivity (Wildman–Crippen MR) is 65.8 cm³/mol. The number of hydrogen-bond donors (Lipinski definition) is 3. The zero-order valence-corrected chi connectivity index (χ0v) is 10.5. The molecule has 2 fully saturated rings. The second kappa shape index (κ2) is 5.06. The van der Waals surface area contributed by atoms with Crippen LogP contribution in [0.15, 0.2) is 4.99 Å². The normalized spacial score (nSPS) is 32.1. The number of hydrogen-bond acceptors (Lipinski definition) is 4. The lowest BCUT2D eigenvalue weighted by Crippen LogP contribution is -2.38. The third-order valence-corrected chi connectivity index (χ3v) is 3.81. The van der Waals surface area contributed by atoms with Gasteiger partial charge in [-0.2, -0.15) is 0 Å². The van der Waals surface area contributed by atoms with E-state index in [-0.39, 0.29) is 12.5 Å². The summed E-state index contributed by atoms with van der Waals surface area (Å²) in [6, 6.07) is 0. The number of rotatable bonds is 3. The molecular weight excluding hydrogens is 234 g/mol. The fourth-order valence-electron chi connectivity index (χ4n) is 2.45. The molecule has 2 amide bonds. The Bertz CT molecular complexity index is 366. The van der Waals surface area contributed by atoms with Crippen molar-refractivity contribution < 1.29 is 14.7 Å². The van der Waals surface area contributed by atoms with Gasteiger partial charge in [-0.15, -0.1) is 0 Å². The molecule has 6 nitrogen and oxygen atoms in total. The van der Waals surface area contributed by atoms with Crippen molar-refractivity contribution in [2.45, 2.75) is 44.6 Å². The van der Waals surface area contributed by atoms with Crippen LogP contribution in [0.3, 0.4) is 0 Å². The zero-order chi connectivity index (χ0) is 13.2. The van der Waals surface area contributed by atoms with Gasteiger partial charge in [0.15, 0.2) is 0 Å². The highest BCUT2D eigenvalue weighted by Crippen LogP contribution is 2.33. The molecule has 0 spiro atoms. The highest BCUT2D eigenvalue weighted by Gasteiger charge is 2.33. The first kappa shape index (κ1) is 13.0. The Morgan fingerprint density at radius 2 is 1.83 bits per heavy atom. The first-order valence-corrected chi connectivity index (χ1v) is 6.41. The maximum atomic E-state index is 10.9. The Morgan fingerprint density at radius 3 is 2.33 bits per heavy atom. The summed E-state index contributed by atoms with van der Waals surface area (Å²) in [6.07, 6.45) is 4.62. The summed E-state index contributed by atoms with van der Waals surface area (Å²) in [5, 5.41) is 15.0. The second-order valence-electron chi connectivity index (χ2n) is 5.15. The summed E-state index contributed by atoms with van der Waals surface area (Å²) in [6.45, 7) is 2.39. The molecule has 1 saturated heterocycles. The van der Waals surface area contributed by atoms with E-state index in [1.165, 1.54) is 0 Å². The van der Waals surface area contributed by atoms with E-state index in [0.29, 0.717) is 5.92 Å². The van der Waals surface area contributed by atoms with Gasteiger partial charge in [0.05, 0.1) is 12.1 Å². The molecule has 1 saturated carbocycles. The van der Waals surface area contributed by atoms with Crippen molar-refractivity contribution in [3.05, 3.63) is 0 Å². The Labute approximate surface area is 106 Å². The summed E-state index contributed by atoms with van der Waals surface area (Å²) in [5.41, 5.74) is -0.795. The van der Waals surface area contributed by atoms with Crippen LogP contribution in [0.5, 0.6) is 0 Å². The van der Waals surface area contributed by atoms with E-state index in [2.05, 4.69) is 22.5 Å². The van der Waals surface area contributed by atoms with Crippen molar-refractivity contribution in [2.24, 2.45) is 10.9 Å². The van der Waals surface area contributed by atoms with Crippen molar-refractivity contribution in [2.75, 3.05) is 6.54 Å². The van der Waals surface area contributed by atoms with Gasteiger partial charge in [-0.1, -0.05) is 13.3 Å². The fraction of sp³-hybridized carbons (Fsp3) is 0.750. The van der Waals surface area contributed by atoms with Crippen LogP contribution in [0.4, 0.5) is 0 Å². The van der Waals surface area contributed by atoms with Gasteiger partial charge in [0.1, 0.15) is 0 Å². The van der Waals surface area contributed by atoms with E-state index in [4.69, 9.17) is 0 Å². The van der Waals surface area contributed by atoms with Gasteiger partial charge in [0, 0.05) is 0 Å². The van der Waals surface area contributed by atoms with Crippen LogP contribution in [-0.2, 0) is 9.59 Å². The monoisotopic (exact) mass is 253 g/mol. The minimum Gasteiger partial charge on any atom is -0.388 e. The van der Waals surface area contributed by atoms with E-state index in [0.717, 1.165) is 32.1 Å². The number of carbonyl (C=O) groups excluding carboxylic acids is 2. The van der Waals surface area contributed by atoms with Crippen molar-refractivity contribution in [1.29, 1.82) is 0 Å². The Morgan fingerprint density at radius 1 is 1.28 bits per heavy atom. The van der Waals surface area contributed by atoms with Crippen molar-refractivity contribution in [1.82, 2.24) is 10.6 Å². The van der Waals surface area contributed by atoms with Crippen LogP contribution in [-0.4, -0.2) is 35.0 Å². The third kappa shape index (κ3) is 2.87. The smallest absolute Gasteiger partial charge is 0.316 e. The number of guanidine groups is 1. The van der Waals surface area contributed by atoms with E-state index < -0.39 is 17.4 Å². The molecule has 0 bridgehead atoms. The van der Waals surface area contributed by atoms with E-state index in [1.54, 1.807) is 0 Å². The van der Waals surface area contributed by atoms with E-state index in [1.807, 2.05) is 0 Å². The molecule has 3 N–H and O–H groups in total. The van der Waals surface area contributed by atoms with Gasteiger partial charge < -0.3 is 5.11 Å². The lowest BCUT2D eigenvalue weighted by Gasteiger charge is -2.34. The lowest BCUT2D eigenvalue weighted by atomic mass is 9.78. The van der Waals surface area contributed by atoms with Crippen molar-refractivity contribution in [3.8, 4) is 0 Å². The molecule has 0 aromatic rings. The number of nitrogens with one attached hydrogen (secondary N) is 2. The Hall–Kier alpha value is -1.43. The van der Waals surface area contributed by atoms with Crippen LogP contribution >= 0.6 is 0 Å². The first-order valence-electron chi connectivity index (χ1n) is 6.41. The molecule has 0 aromatic heterocycles. The number of nitrogens with zero attached hydrogens (tertiary/aromatic N) is 1. The minimum absolute atomic E-state index is 0.149. The quantitative estimate of drug-likeness (QED) is 0.614. The molecule has 0 unspecified atom stereocenters. The number of carbonyl (C=O) groups is 2. The average molecular weight is 253 g/mol. The van der Waals surface area contributed by atoms with Crippen LogP contribution in [0, 0.1) is 5.92 Å². The largest absolute Gasteiger partial charge is 0.388 e. The Kier molecular flexibility index (Phi) is 3.65. The summed E-state index contributed by atoms with van der Waals surface area (Å²) in [7, 11) is 0. The highest BCUT2D eigenvalue weighted by atomic mass is 16.3. The van der Waals surface area contributed by atoms with Gasteiger partial charge in [0.25, 0.3) is 0 Å². The van der Waals surface area contributed by atoms with Gasteiger partial charge in [0.2, 0.25) is 5.96 Å². The van der Waals surface area contributed by atoms with Crippen molar-refractivity contribution in [3.63, 3.8) is 0 Å². The SMILES string of the molecule is CCC1CCC(O)(CN=C2NC(=O)C(=O)N2)CC1. The van der Waals surface area contributed by atoms with Crippen LogP contribution in [0.1, 0.15) is 39.0 Å². The fourth-order valence-corrected chi connectivity index (χ4v) is 2.45. The highest BCUT2D eigenvalue weighted by molar-refractivity contribution is 6.45. The maximum absolute atomic E-state index is 10.9. The molecule has 1 heterocycles. The molecule has 1 aliphatic heterocycles. The molecule has 18 heavy (non-hydrogen) atoms. The number of aliphatic hydroxyl groups is 1. The second-order valence-corrected chi connectivity index (χ2v) is 5.15. The topological polar surface area (TPSA) is 90.8 Å². The summed E-state index contributed by atoms with van der Waals surface area (Å²) >= 11 is 0. The first-order chi connectivity index (χ1) is 8.52. The van der Waals surface area contributed by atoms with E-state index in [9.17, 15) is 14.7 Å². The van der Waals surface area contributed by atoms with Gasteiger partial charge in [-0.3, -0.25) is 20.2 Å². The molecule has 0 aromatic carbocycles. The molecule has 1 aliphatic carbocycles. The van der Waals surface area contributed by atoms with Gasteiger partial charge in [-0.05, 0) is 31.6 Å². The predicted octanol–water partition coefficient (Wildman–Crippen LogP) is -0.0803. The molecule has 100 valence electrons. The lowest BCUT2D eigenvalue weighted by molar-refractivity contribution is -0.135. The molecule has 0 radical (unpaired) electrons. The average Bonchev–Trinajstić information content (AvgIpc) is 2.68. The van der Waals surface area contributed by atoms with Gasteiger partial charge >= 0.3 is 11.8 Å².